The van der Waals surface area contributed by atoms with Crippen LogP contribution < -0.4 is 0 Å². The Hall–Kier alpha value is -1.24. The molecule has 1 rings (SSSR count). The fourth-order valence-electron chi connectivity index (χ4n) is 0.967. The second-order valence-corrected chi connectivity index (χ2v) is 3.63. The second-order valence-electron chi connectivity index (χ2n) is 2.86. The van der Waals surface area contributed by atoms with Crippen LogP contribution in [-0.2, 0) is 0 Å². The van der Waals surface area contributed by atoms with Crippen molar-refractivity contribution < 1.29 is 4.79 Å². The SMILES string of the molecule is C#CCN(C)C(=O)c1cnc(Cl)c(Cl)c1. The van der Waals surface area contributed by atoms with Gasteiger partial charge in [0.1, 0.15) is 5.15 Å². The molecule has 1 heterocycles. The van der Waals surface area contributed by atoms with Crippen molar-refractivity contribution >= 4 is 29.1 Å². The zero-order valence-electron chi connectivity index (χ0n) is 8.00. The van der Waals surface area contributed by atoms with Gasteiger partial charge in [-0.05, 0) is 6.07 Å². The van der Waals surface area contributed by atoms with Gasteiger partial charge in [0.05, 0.1) is 17.1 Å². The van der Waals surface area contributed by atoms with E-state index < -0.39 is 0 Å². The predicted octanol–water partition coefficient (Wildman–Crippen LogP) is 2.09. The van der Waals surface area contributed by atoms with E-state index in [2.05, 4.69) is 10.9 Å². The van der Waals surface area contributed by atoms with Crippen LogP contribution in [0.1, 0.15) is 10.4 Å². The number of carbonyl (C=O) groups is 1. The van der Waals surface area contributed by atoms with E-state index in [9.17, 15) is 4.79 Å². The first-order chi connectivity index (χ1) is 7.06. The molecule has 0 radical (unpaired) electrons. The highest BCUT2D eigenvalue weighted by molar-refractivity contribution is 6.41. The summed E-state index contributed by atoms with van der Waals surface area (Å²) < 4.78 is 0. The molecule has 0 aliphatic rings. The van der Waals surface area contributed by atoms with E-state index in [4.69, 9.17) is 29.6 Å². The molecule has 15 heavy (non-hydrogen) atoms. The van der Waals surface area contributed by atoms with Gasteiger partial charge in [0.25, 0.3) is 5.91 Å². The fraction of sp³-hybridized carbons (Fsp3) is 0.200. The number of halogens is 2. The van der Waals surface area contributed by atoms with E-state index in [1.807, 2.05) is 0 Å². The summed E-state index contributed by atoms with van der Waals surface area (Å²) in [5.41, 5.74) is 0.363. The van der Waals surface area contributed by atoms with Gasteiger partial charge in [0.15, 0.2) is 0 Å². The number of pyridine rings is 1. The molecule has 0 fully saturated rings. The minimum atomic E-state index is -0.237. The number of terminal acetylenes is 1. The van der Waals surface area contributed by atoms with Gasteiger partial charge in [-0.2, -0.15) is 0 Å². The number of hydrogen-bond acceptors (Lipinski definition) is 2. The Morgan fingerprint density at radius 1 is 1.67 bits per heavy atom. The molecule has 1 aromatic rings. The third-order valence-electron chi connectivity index (χ3n) is 1.72. The van der Waals surface area contributed by atoms with E-state index >= 15 is 0 Å². The molecule has 5 heteroatoms. The maximum atomic E-state index is 11.7. The van der Waals surface area contributed by atoms with Crippen molar-refractivity contribution in [3.05, 3.63) is 28.0 Å². The number of hydrogen-bond donors (Lipinski definition) is 0. The molecule has 0 bridgehead atoms. The van der Waals surface area contributed by atoms with E-state index in [-0.39, 0.29) is 22.6 Å². The van der Waals surface area contributed by atoms with Crippen molar-refractivity contribution in [2.45, 2.75) is 0 Å². The molecular weight excluding hydrogens is 235 g/mol. The number of amides is 1. The van der Waals surface area contributed by atoms with Crippen LogP contribution in [0.25, 0.3) is 0 Å². The Morgan fingerprint density at radius 2 is 2.33 bits per heavy atom. The molecular formula is C10H8Cl2N2O. The third kappa shape index (κ3) is 2.85. The summed E-state index contributed by atoms with van der Waals surface area (Å²) in [6.07, 6.45) is 6.46. The number of nitrogens with zero attached hydrogens (tertiary/aromatic N) is 2. The quantitative estimate of drug-likeness (QED) is 0.588. The Labute approximate surface area is 98.0 Å². The van der Waals surface area contributed by atoms with E-state index in [1.165, 1.54) is 17.2 Å². The molecule has 0 aromatic carbocycles. The first kappa shape index (κ1) is 11.8. The average molecular weight is 243 g/mol. The molecule has 0 N–H and O–H groups in total. The van der Waals surface area contributed by atoms with Crippen molar-refractivity contribution in [1.29, 1.82) is 0 Å². The van der Waals surface area contributed by atoms with Crippen LogP contribution in [0.3, 0.4) is 0 Å². The van der Waals surface area contributed by atoms with Crippen LogP contribution in [0, 0.1) is 12.3 Å². The van der Waals surface area contributed by atoms with Gasteiger partial charge in [-0.3, -0.25) is 4.79 Å². The number of aromatic nitrogens is 1. The normalized spacial score (nSPS) is 9.47. The van der Waals surface area contributed by atoms with Crippen LogP contribution in [0.2, 0.25) is 10.2 Å². The van der Waals surface area contributed by atoms with Gasteiger partial charge < -0.3 is 4.90 Å². The maximum absolute atomic E-state index is 11.7. The van der Waals surface area contributed by atoms with Gasteiger partial charge in [0, 0.05) is 13.2 Å². The van der Waals surface area contributed by atoms with Crippen LogP contribution >= 0.6 is 23.2 Å². The monoisotopic (exact) mass is 242 g/mol. The Morgan fingerprint density at radius 3 is 2.87 bits per heavy atom. The lowest BCUT2D eigenvalue weighted by Gasteiger charge is -2.13. The van der Waals surface area contributed by atoms with E-state index in [0.29, 0.717) is 5.56 Å². The molecule has 0 aliphatic carbocycles. The van der Waals surface area contributed by atoms with Gasteiger partial charge in [-0.1, -0.05) is 29.1 Å². The third-order valence-corrected chi connectivity index (χ3v) is 2.40. The van der Waals surface area contributed by atoms with Crippen molar-refractivity contribution in [3.63, 3.8) is 0 Å². The van der Waals surface area contributed by atoms with Gasteiger partial charge in [0.2, 0.25) is 0 Å². The molecule has 0 saturated carbocycles. The summed E-state index contributed by atoms with van der Waals surface area (Å²) in [7, 11) is 1.60. The summed E-state index contributed by atoms with van der Waals surface area (Å²) in [5.74, 6) is 2.13. The minimum Gasteiger partial charge on any atom is -0.331 e. The molecule has 0 atom stereocenters. The molecule has 0 spiro atoms. The fourth-order valence-corrected chi connectivity index (χ4v) is 1.24. The Kier molecular flexibility index (Phi) is 3.96. The van der Waals surface area contributed by atoms with Crippen LogP contribution in [0.4, 0.5) is 0 Å². The van der Waals surface area contributed by atoms with E-state index in [0.717, 1.165) is 0 Å². The summed E-state index contributed by atoms with van der Waals surface area (Å²) in [5, 5.41) is 0.421. The lowest BCUT2D eigenvalue weighted by molar-refractivity contribution is 0.0812. The minimum absolute atomic E-state index is 0.174. The molecule has 0 saturated heterocycles. The highest BCUT2D eigenvalue weighted by Crippen LogP contribution is 2.20. The zero-order chi connectivity index (χ0) is 11.4. The molecule has 78 valence electrons. The van der Waals surface area contributed by atoms with Crippen molar-refractivity contribution in [3.8, 4) is 12.3 Å². The first-order valence-corrected chi connectivity index (χ1v) is 4.82. The summed E-state index contributed by atoms with van der Waals surface area (Å²) in [6.45, 7) is 0.235. The maximum Gasteiger partial charge on any atom is 0.256 e. The first-order valence-electron chi connectivity index (χ1n) is 4.06. The van der Waals surface area contributed by atoms with Crippen molar-refractivity contribution in [2.24, 2.45) is 0 Å². The summed E-state index contributed by atoms with van der Waals surface area (Å²) >= 11 is 11.4. The molecule has 3 nitrogen and oxygen atoms in total. The van der Waals surface area contributed by atoms with E-state index in [1.54, 1.807) is 7.05 Å². The largest absolute Gasteiger partial charge is 0.331 e. The van der Waals surface area contributed by atoms with Gasteiger partial charge in [-0.25, -0.2) is 4.98 Å². The molecule has 0 aliphatic heterocycles. The second kappa shape index (κ2) is 5.01. The van der Waals surface area contributed by atoms with Crippen molar-refractivity contribution in [1.82, 2.24) is 9.88 Å². The highest BCUT2D eigenvalue weighted by atomic mass is 35.5. The topological polar surface area (TPSA) is 33.2 Å². The highest BCUT2D eigenvalue weighted by Gasteiger charge is 2.12. The summed E-state index contributed by atoms with van der Waals surface area (Å²) in [4.78, 5) is 16.9. The predicted molar refractivity (Wildman–Crippen MR) is 60.1 cm³/mol. The van der Waals surface area contributed by atoms with Crippen LogP contribution in [-0.4, -0.2) is 29.4 Å². The lowest BCUT2D eigenvalue weighted by Crippen LogP contribution is -2.27. The number of carbonyl (C=O) groups excluding carboxylic acids is 1. The van der Waals surface area contributed by atoms with Crippen molar-refractivity contribution in [2.75, 3.05) is 13.6 Å². The van der Waals surface area contributed by atoms with Gasteiger partial charge >= 0.3 is 0 Å². The zero-order valence-corrected chi connectivity index (χ0v) is 9.51. The Balaban J connectivity index is 2.93. The lowest BCUT2D eigenvalue weighted by atomic mass is 10.2. The molecule has 0 unspecified atom stereocenters. The van der Waals surface area contributed by atoms with Gasteiger partial charge in [-0.15, -0.1) is 6.42 Å². The Bertz CT molecular complexity index is 426. The summed E-state index contributed by atoms with van der Waals surface area (Å²) in [6, 6.07) is 1.46. The standard InChI is InChI=1S/C10H8Cl2N2O/c1-3-4-14(2)10(15)7-5-8(11)9(12)13-6-7/h1,5-6H,4H2,2H3. The molecule has 1 aromatic heterocycles. The average Bonchev–Trinajstić information content (AvgIpc) is 2.21. The molecule has 1 amide bonds. The van der Waals surface area contributed by atoms with Crippen LogP contribution in [0.5, 0.6) is 0 Å². The smallest absolute Gasteiger partial charge is 0.256 e. The number of rotatable bonds is 2. The van der Waals surface area contributed by atoms with Crippen LogP contribution in [0.15, 0.2) is 12.3 Å².